The van der Waals surface area contributed by atoms with Crippen molar-refractivity contribution in [2.45, 2.75) is 24.8 Å². The Bertz CT molecular complexity index is 588. The molecule has 1 aromatic carbocycles. The summed E-state index contributed by atoms with van der Waals surface area (Å²) in [6.07, 6.45) is -0.858. The fourth-order valence-electron chi connectivity index (χ4n) is 1.55. The number of ether oxygens (including phenoxy) is 2. The van der Waals surface area contributed by atoms with Crippen molar-refractivity contribution in [2.75, 3.05) is 20.8 Å². The molecule has 120 valence electrons. The van der Waals surface area contributed by atoms with Gasteiger partial charge in [-0.05, 0) is 5.92 Å². The first-order valence-electron chi connectivity index (χ1n) is 6.32. The molecule has 0 spiro atoms. The van der Waals surface area contributed by atoms with Crippen LogP contribution in [0.4, 0.5) is 4.39 Å². The fourth-order valence-corrected chi connectivity index (χ4v) is 2.67. The topological polar surface area (TPSA) is 84.9 Å². The van der Waals surface area contributed by atoms with Crippen molar-refractivity contribution < 1.29 is 27.4 Å². The molecule has 0 aliphatic carbocycles. The highest BCUT2D eigenvalue weighted by molar-refractivity contribution is 7.89. The van der Waals surface area contributed by atoms with Crippen molar-refractivity contribution in [3.8, 4) is 11.5 Å². The zero-order valence-electron chi connectivity index (χ0n) is 12.4. The zero-order chi connectivity index (χ0) is 16.2. The summed E-state index contributed by atoms with van der Waals surface area (Å²) in [6.45, 7) is 3.29. The first kappa shape index (κ1) is 17.7. The van der Waals surface area contributed by atoms with Gasteiger partial charge in [0, 0.05) is 18.7 Å². The van der Waals surface area contributed by atoms with Crippen molar-refractivity contribution in [3.05, 3.63) is 17.9 Å². The number of benzene rings is 1. The van der Waals surface area contributed by atoms with E-state index in [1.807, 2.05) is 0 Å². The number of aliphatic hydroxyl groups is 1. The van der Waals surface area contributed by atoms with E-state index >= 15 is 0 Å². The molecule has 0 bridgehead atoms. The molecule has 6 nitrogen and oxygen atoms in total. The van der Waals surface area contributed by atoms with Gasteiger partial charge in [0.25, 0.3) is 0 Å². The standard InChI is InChI=1S/C13H20FNO5S/c1-8(2)10(16)7-15-21(17,18)13-6-12(20-4)11(19-3)5-9(13)14/h5-6,8,10,15-16H,7H2,1-4H3. The molecular weight excluding hydrogens is 301 g/mol. The van der Waals surface area contributed by atoms with Crippen molar-refractivity contribution in [3.63, 3.8) is 0 Å². The summed E-state index contributed by atoms with van der Waals surface area (Å²) >= 11 is 0. The third kappa shape index (κ3) is 4.29. The smallest absolute Gasteiger partial charge is 0.243 e. The Balaban J connectivity index is 3.08. The molecule has 0 saturated heterocycles. The third-order valence-corrected chi connectivity index (χ3v) is 4.42. The number of halogens is 1. The summed E-state index contributed by atoms with van der Waals surface area (Å²) in [7, 11) is -1.45. The second-order valence-electron chi connectivity index (χ2n) is 4.80. The monoisotopic (exact) mass is 321 g/mol. The second kappa shape index (κ2) is 7.06. The molecule has 1 aromatic rings. The highest BCUT2D eigenvalue weighted by Gasteiger charge is 2.23. The van der Waals surface area contributed by atoms with Gasteiger partial charge in [0.05, 0.1) is 20.3 Å². The minimum absolute atomic E-state index is 0.0937. The van der Waals surface area contributed by atoms with Gasteiger partial charge >= 0.3 is 0 Å². The normalized spacial score (nSPS) is 13.3. The van der Waals surface area contributed by atoms with E-state index in [0.717, 1.165) is 12.1 Å². The van der Waals surface area contributed by atoms with E-state index in [2.05, 4.69) is 4.72 Å². The summed E-state index contributed by atoms with van der Waals surface area (Å²) in [5.74, 6) is -0.887. The minimum Gasteiger partial charge on any atom is -0.493 e. The van der Waals surface area contributed by atoms with Crippen LogP contribution in [0.15, 0.2) is 17.0 Å². The highest BCUT2D eigenvalue weighted by Crippen LogP contribution is 2.31. The summed E-state index contributed by atoms with van der Waals surface area (Å²) < 4.78 is 50.1. The van der Waals surface area contributed by atoms with Crippen molar-refractivity contribution in [2.24, 2.45) is 5.92 Å². The third-order valence-electron chi connectivity index (χ3n) is 2.98. The van der Waals surface area contributed by atoms with Crippen LogP contribution in [0.1, 0.15) is 13.8 Å². The van der Waals surface area contributed by atoms with Gasteiger partial charge in [-0.15, -0.1) is 0 Å². The van der Waals surface area contributed by atoms with E-state index in [4.69, 9.17) is 9.47 Å². The van der Waals surface area contributed by atoms with Crippen LogP contribution in [0.2, 0.25) is 0 Å². The molecule has 0 fully saturated rings. The largest absolute Gasteiger partial charge is 0.493 e. The molecule has 2 N–H and O–H groups in total. The summed E-state index contributed by atoms with van der Waals surface area (Å²) in [5, 5.41) is 9.62. The molecule has 8 heteroatoms. The molecule has 1 rings (SSSR count). The van der Waals surface area contributed by atoms with Crippen LogP contribution in [0, 0.1) is 11.7 Å². The van der Waals surface area contributed by atoms with Crippen molar-refractivity contribution in [1.82, 2.24) is 4.72 Å². The number of hydrogen-bond acceptors (Lipinski definition) is 5. The van der Waals surface area contributed by atoms with Gasteiger partial charge in [-0.2, -0.15) is 0 Å². The van der Waals surface area contributed by atoms with Gasteiger partial charge in [-0.3, -0.25) is 0 Å². The Kier molecular flexibility index (Phi) is 5.94. The van der Waals surface area contributed by atoms with Gasteiger partial charge < -0.3 is 14.6 Å². The maximum Gasteiger partial charge on any atom is 0.243 e. The Morgan fingerprint density at radius 1 is 1.24 bits per heavy atom. The molecule has 0 amide bonds. The molecule has 0 radical (unpaired) electrons. The van der Waals surface area contributed by atoms with Crippen LogP contribution in [-0.2, 0) is 10.0 Å². The van der Waals surface area contributed by atoms with E-state index in [9.17, 15) is 17.9 Å². The van der Waals surface area contributed by atoms with Crippen molar-refractivity contribution >= 4 is 10.0 Å². The molecule has 21 heavy (non-hydrogen) atoms. The van der Waals surface area contributed by atoms with Gasteiger partial charge in [-0.1, -0.05) is 13.8 Å². The highest BCUT2D eigenvalue weighted by atomic mass is 32.2. The fraction of sp³-hybridized carbons (Fsp3) is 0.538. The Hall–Kier alpha value is -1.38. The predicted octanol–water partition coefficient (Wildman–Crippen LogP) is 1.14. The number of aliphatic hydroxyl groups excluding tert-OH is 1. The zero-order valence-corrected chi connectivity index (χ0v) is 13.2. The van der Waals surface area contributed by atoms with Gasteiger partial charge in [0.2, 0.25) is 10.0 Å². The van der Waals surface area contributed by atoms with Crippen LogP contribution in [0.25, 0.3) is 0 Å². The lowest BCUT2D eigenvalue weighted by atomic mass is 10.1. The van der Waals surface area contributed by atoms with Crippen molar-refractivity contribution in [1.29, 1.82) is 0 Å². The summed E-state index contributed by atoms with van der Waals surface area (Å²) in [6, 6.07) is 1.98. The molecule has 0 aliphatic rings. The maximum absolute atomic E-state index is 13.9. The number of methoxy groups -OCH3 is 2. The molecule has 0 saturated carbocycles. The Morgan fingerprint density at radius 3 is 2.24 bits per heavy atom. The van der Waals surface area contributed by atoms with Crippen LogP contribution in [-0.4, -0.2) is 40.4 Å². The average Bonchev–Trinajstić information content (AvgIpc) is 2.43. The summed E-state index contributed by atoms with van der Waals surface area (Å²) in [4.78, 5) is -0.559. The SMILES string of the molecule is COc1cc(F)c(S(=O)(=O)NCC(O)C(C)C)cc1OC. The van der Waals surface area contributed by atoms with Crippen LogP contribution >= 0.6 is 0 Å². The molecule has 0 heterocycles. The number of sulfonamides is 1. The molecule has 1 unspecified atom stereocenters. The first-order chi connectivity index (χ1) is 9.72. The first-order valence-corrected chi connectivity index (χ1v) is 7.80. The predicted molar refractivity (Wildman–Crippen MR) is 75.5 cm³/mol. The average molecular weight is 321 g/mol. The lowest BCUT2D eigenvalue weighted by Crippen LogP contribution is -2.35. The van der Waals surface area contributed by atoms with Gasteiger partial charge in [-0.25, -0.2) is 17.5 Å². The quantitative estimate of drug-likeness (QED) is 0.786. The van der Waals surface area contributed by atoms with Crippen LogP contribution in [0.5, 0.6) is 11.5 Å². The molecule has 0 aliphatic heterocycles. The lowest BCUT2D eigenvalue weighted by molar-refractivity contribution is 0.129. The molecular formula is C13H20FNO5S. The Labute approximate surface area is 123 Å². The molecule has 1 atom stereocenters. The maximum atomic E-state index is 13.9. The number of rotatable bonds is 7. The van der Waals surface area contributed by atoms with Crippen LogP contribution in [0.3, 0.4) is 0 Å². The number of hydrogen-bond donors (Lipinski definition) is 2. The minimum atomic E-state index is -4.10. The van der Waals surface area contributed by atoms with Gasteiger partial charge in [0.1, 0.15) is 10.7 Å². The van der Waals surface area contributed by atoms with E-state index in [1.54, 1.807) is 13.8 Å². The van der Waals surface area contributed by atoms with E-state index in [1.165, 1.54) is 14.2 Å². The molecule has 0 aromatic heterocycles. The van der Waals surface area contributed by atoms with E-state index in [0.29, 0.717) is 0 Å². The van der Waals surface area contributed by atoms with E-state index in [-0.39, 0.29) is 24.0 Å². The second-order valence-corrected chi connectivity index (χ2v) is 6.54. The summed E-state index contributed by atoms with van der Waals surface area (Å²) in [5.41, 5.74) is 0. The lowest BCUT2D eigenvalue weighted by Gasteiger charge is -2.16. The Morgan fingerprint density at radius 2 is 1.76 bits per heavy atom. The number of nitrogens with one attached hydrogen (secondary N) is 1. The van der Waals surface area contributed by atoms with Gasteiger partial charge in [0.15, 0.2) is 11.5 Å². The van der Waals surface area contributed by atoms with Crippen LogP contribution < -0.4 is 14.2 Å². The van der Waals surface area contributed by atoms with E-state index < -0.39 is 26.8 Å².